The smallest absolute Gasteiger partial charge is 0.244 e. The van der Waals surface area contributed by atoms with E-state index >= 15 is 0 Å². The summed E-state index contributed by atoms with van der Waals surface area (Å²) < 4.78 is 13.6. The Morgan fingerprint density at radius 1 is 1.08 bits per heavy atom. The molecule has 3 aromatic rings. The van der Waals surface area contributed by atoms with Crippen LogP contribution in [0.5, 0.6) is 0 Å². The van der Waals surface area contributed by atoms with Crippen LogP contribution in [0.4, 0.5) is 4.39 Å². The standard InChI is InChI=1S/C21H18FN3O/c1-15(25-21(26)10-9-16-5-2-3-8-20(16)22)17-6-4-7-18(11-17)19-12-23-14-24-13-19/h2-15H,1H3,(H,25,26)/b10-9+. The lowest BCUT2D eigenvalue weighted by atomic mass is 10.0. The van der Waals surface area contributed by atoms with Crippen LogP contribution >= 0.6 is 0 Å². The van der Waals surface area contributed by atoms with Gasteiger partial charge in [0.1, 0.15) is 12.1 Å². The molecule has 5 heteroatoms. The number of hydrogen-bond acceptors (Lipinski definition) is 3. The Morgan fingerprint density at radius 2 is 1.85 bits per heavy atom. The fourth-order valence-electron chi connectivity index (χ4n) is 2.56. The summed E-state index contributed by atoms with van der Waals surface area (Å²) in [6.07, 6.45) is 7.77. The molecule has 1 atom stereocenters. The minimum Gasteiger partial charge on any atom is -0.346 e. The second-order valence-electron chi connectivity index (χ2n) is 5.84. The number of rotatable bonds is 5. The van der Waals surface area contributed by atoms with Crippen LogP contribution in [-0.2, 0) is 4.79 Å². The molecule has 0 aliphatic carbocycles. The zero-order valence-electron chi connectivity index (χ0n) is 14.3. The maximum absolute atomic E-state index is 13.6. The van der Waals surface area contributed by atoms with Crippen molar-refractivity contribution in [3.8, 4) is 11.1 Å². The van der Waals surface area contributed by atoms with Crippen LogP contribution < -0.4 is 5.32 Å². The number of nitrogens with one attached hydrogen (secondary N) is 1. The number of halogens is 1. The fraction of sp³-hybridized carbons (Fsp3) is 0.0952. The molecule has 1 amide bonds. The van der Waals surface area contributed by atoms with E-state index in [1.165, 1.54) is 24.5 Å². The summed E-state index contributed by atoms with van der Waals surface area (Å²) in [5.74, 6) is -0.642. The molecule has 1 N–H and O–H groups in total. The minimum atomic E-state index is -0.359. The molecule has 26 heavy (non-hydrogen) atoms. The SMILES string of the molecule is CC(NC(=O)/C=C/c1ccccc1F)c1cccc(-c2cncnc2)c1. The molecular formula is C21H18FN3O. The molecule has 2 aromatic carbocycles. The van der Waals surface area contributed by atoms with Crippen molar-refractivity contribution in [2.24, 2.45) is 0 Å². The van der Waals surface area contributed by atoms with E-state index in [4.69, 9.17) is 0 Å². The summed E-state index contributed by atoms with van der Waals surface area (Å²) in [5.41, 5.74) is 3.22. The lowest BCUT2D eigenvalue weighted by Gasteiger charge is -2.14. The van der Waals surface area contributed by atoms with E-state index in [0.717, 1.165) is 16.7 Å². The molecule has 0 saturated carbocycles. The van der Waals surface area contributed by atoms with Crippen molar-refractivity contribution in [3.05, 3.63) is 90.3 Å². The Labute approximate surface area is 151 Å². The van der Waals surface area contributed by atoms with E-state index in [0.29, 0.717) is 5.56 Å². The van der Waals surface area contributed by atoms with Gasteiger partial charge < -0.3 is 5.32 Å². The monoisotopic (exact) mass is 347 g/mol. The number of aromatic nitrogens is 2. The van der Waals surface area contributed by atoms with Crippen molar-refractivity contribution in [2.45, 2.75) is 13.0 Å². The number of benzene rings is 2. The van der Waals surface area contributed by atoms with Crippen molar-refractivity contribution in [1.29, 1.82) is 0 Å². The zero-order valence-corrected chi connectivity index (χ0v) is 14.3. The lowest BCUT2D eigenvalue weighted by molar-refractivity contribution is -0.117. The van der Waals surface area contributed by atoms with E-state index in [9.17, 15) is 9.18 Å². The third-order valence-corrected chi connectivity index (χ3v) is 3.96. The summed E-state index contributed by atoms with van der Waals surface area (Å²) in [7, 11) is 0. The summed E-state index contributed by atoms with van der Waals surface area (Å²) >= 11 is 0. The molecule has 0 spiro atoms. The van der Waals surface area contributed by atoms with E-state index in [2.05, 4.69) is 15.3 Å². The molecule has 4 nitrogen and oxygen atoms in total. The average Bonchev–Trinajstić information content (AvgIpc) is 2.68. The van der Waals surface area contributed by atoms with Gasteiger partial charge in [-0.2, -0.15) is 0 Å². The second-order valence-corrected chi connectivity index (χ2v) is 5.84. The normalized spacial score (nSPS) is 12.1. The van der Waals surface area contributed by atoms with Crippen LogP contribution in [0.2, 0.25) is 0 Å². The Hall–Kier alpha value is -3.34. The van der Waals surface area contributed by atoms with Crippen molar-refractivity contribution in [3.63, 3.8) is 0 Å². The molecule has 1 unspecified atom stereocenters. The molecular weight excluding hydrogens is 329 g/mol. The largest absolute Gasteiger partial charge is 0.346 e. The van der Waals surface area contributed by atoms with Gasteiger partial charge in [0.15, 0.2) is 0 Å². The highest BCUT2D eigenvalue weighted by atomic mass is 19.1. The van der Waals surface area contributed by atoms with Crippen molar-refractivity contribution in [2.75, 3.05) is 0 Å². The molecule has 130 valence electrons. The first-order chi connectivity index (χ1) is 12.6. The first-order valence-electron chi connectivity index (χ1n) is 8.22. The number of carbonyl (C=O) groups excluding carboxylic acids is 1. The number of hydrogen-bond donors (Lipinski definition) is 1. The molecule has 0 radical (unpaired) electrons. The third kappa shape index (κ3) is 4.39. The van der Waals surface area contributed by atoms with Gasteiger partial charge in [-0.15, -0.1) is 0 Å². The maximum Gasteiger partial charge on any atom is 0.244 e. The quantitative estimate of drug-likeness (QED) is 0.705. The third-order valence-electron chi connectivity index (χ3n) is 3.96. The Bertz CT molecular complexity index is 925. The number of carbonyl (C=O) groups is 1. The van der Waals surface area contributed by atoms with E-state index < -0.39 is 0 Å². The topological polar surface area (TPSA) is 54.9 Å². The number of amides is 1. The van der Waals surface area contributed by atoms with Crippen LogP contribution in [-0.4, -0.2) is 15.9 Å². The van der Waals surface area contributed by atoms with Gasteiger partial charge in [-0.3, -0.25) is 4.79 Å². The Morgan fingerprint density at radius 3 is 2.62 bits per heavy atom. The fourth-order valence-corrected chi connectivity index (χ4v) is 2.56. The summed E-state index contributed by atoms with van der Waals surface area (Å²) in [4.78, 5) is 20.2. The average molecular weight is 347 g/mol. The lowest BCUT2D eigenvalue weighted by Crippen LogP contribution is -2.24. The van der Waals surface area contributed by atoms with Gasteiger partial charge in [0.05, 0.1) is 6.04 Å². The van der Waals surface area contributed by atoms with E-state index in [1.807, 2.05) is 31.2 Å². The molecule has 1 heterocycles. The highest BCUT2D eigenvalue weighted by Crippen LogP contribution is 2.22. The van der Waals surface area contributed by atoms with Crippen molar-refractivity contribution < 1.29 is 9.18 Å². The predicted octanol–water partition coefficient (Wildman–Crippen LogP) is 4.17. The molecule has 0 aliphatic heterocycles. The summed E-state index contributed by atoms with van der Waals surface area (Å²) in [6.45, 7) is 1.90. The van der Waals surface area contributed by atoms with Gasteiger partial charge in [-0.05, 0) is 36.3 Å². The van der Waals surface area contributed by atoms with Gasteiger partial charge in [-0.1, -0.05) is 36.4 Å². The second kappa shape index (κ2) is 8.16. The molecule has 0 saturated heterocycles. The van der Waals surface area contributed by atoms with Gasteiger partial charge in [0.25, 0.3) is 0 Å². The zero-order chi connectivity index (χ0) is 18.4. The number of nitrogens with zero attached hydrogens (tertiary/aromatic N) is 2. The highest BCUT2D eigenvalue weighted by Gasteiger charge is 2.09. The van der Waals surface area contributed by atoms with E-state index in [1.54, 1.807) is 30.6 Å². The first kappa shape index (κ1) is 17.5. The predicted molar refractivity (Wildman–Crippen MR) is 99.5 cm³/mol. The highest BCUT2D eigenvalue weighted by molar-refractivity contribution is 5.92. The Balaban J connectivity index is 1.69. The molecule has 0 bridgehead atoms. The first-order valence-corrected chi connectivity index (χ1v) is 8.22. The Kier molecular flexibility index (Phi) is 5.49. The van der Waals surface area contributed by atoms with Crippen LogP contribution in [0.3, 0.4) is 0 Å². The summed E-state index contributed by atoms with van der Waals surface area (Å²) in [6, 6.07) is 13.9. The van der Waals surface area contributed by atoms with Gasteiger partial charge in [-0.25, -0.2) is 14.4 Å². The molecule has 3 rings (SSSR count). The van der Waals surface area contributed by atoms with Crippen LogP contribution in [0, 0.1) is 5.82 Å². The van der Waals surface area contributed by atoms with Gasteiger partial charge >= 0.3 is 0 Å². The molecule has 0 aliphatic rings. The van der Waals surface area contributed by atoms with Crippen molar-refractivity contribution >= 4 is 12.0 Å². The van der Waals surface area contributed by atoms with Crippen LogP contribution in [0.1, 0.15) is 24.1 Å². The molecule has 1 aromatic heterocycles. The molecule has 0 fully saturated rings. The minimum absolute atomic E-state index is 0.197. The van der Waals surface area contributed by atoms with E-state index in [-0.39, 0.29) is 17.8 Å². The van der Waals surface area contributed by atoms with Crippen LogP contribution in [0.25, 0.3) is 17.2 Å². The van der Waals surface area contributed by atoms with Gasteiger partial charge in [0, 0.05) is 29.6 Å². The van der Waals surface area contributed by atoms with Gasteiger partial charge in [0.2, 0.25) is 5.91 Å². The summed E-state index contributed by atoms with van der Waals surface area (Å²) in [5, 5.41) is 2.89. The van der Waals surface area contributed by atoms with Crippen LogP contribution in [0.15, 0.2) is 73.3 Å². The maximum atomic E-state index is 13.6. The van der Waals surface area contributed by atoms with Crippen molar-refractivity contribution in [1.82, 2.24) is 15.3 Å².